The Labute approximate surface area is 85.0 Å². The minimum atomic E-state index is 0.812. The van der Waals surface area contributed by atoms with Crippen LogP contribution in [0.25, 0.3) is 0 Å². The maximum absolute atomic E-state index is 5.44. The molecule has 0 aliphatic rings. The Morgan fingerprint density at radius 3 is 2.33 bits per heavy atom. The quantitative estimate of drug-likeness (QED) is 0.463. The molecule has 0 N–H and O–H groups in total. The highest BCUT2D eigenvalue weighted by molar-refractivity contribution is 9.09. The van der Waals surface area contributed by atoms with E-state index in [1.807, 2.05) is 0 Å². The molecule has 0 aromatic carbocycles. The van der Waals surface area contributed by atoms with Crippen molar-refractivity contribution < 1.29 is 4.74 Å². The lowest BCUT2D eigenvalue weighted by atomic mass is 10.0. The molecule has 0 spiro atoms. The lowest BCUT2D eigenvalue weighted by molar-refractivity contribution is 0.122. The van der Waals surface area contributed by atoms with Crippen LogP contribution in [0, 0.1) is 5.92 Å². The van der Waals surface area contributed by atoms with Crippen LogP contribution in [-0.2, 0) is 4.74 Å². The van der Waals surface area contributed by atoms with Crippen LogP contribution in [0.3, 0.4) is 0 Å². The van der Waals surface area contributed by atoms with Gasteiger partial charge in [0.2, 0.25) is 0 Å². The fourth-order valence-corrected chi connectivity index (χ4v) is 1.85. The predicted octanol–water partition coefficient (Wildman–Crippen LogP) is 3.61. The summed E-state index contributed by atoms with van der Waals surface area (Å²) in [5.41, 5.74) is 0. The van der Waals surface area contributed by atoms with Gasteiger partial charge in [-0.2, -0.15) is 0 Å². The minimum Gasteiger partial charge on any atom is -0.381 e. The highest BCUT2D eigenvalue weighted by atomic mass is 79.9. The molecular formula is C10H21BrO. The first-order chi connectivity index (χ1) is 5.85. The third-order valence-electron chi connectivity index (χ3n) is 1.93. The van der Waals surface area contributed by atoms with E-state index in [2.05, 4.69) is 29.8 Å². The topological polar surface area (TPSA) is 9.23 Å². The molecule has 12 heavy (non-hydrogen) atoms. The average molecular weight is 237 g/mol. The number of halogens is 1. The summed E-state index contributed by atoms with van der Waals surface area (Å²) in [5, 5.41) is 1.12. The second kappa shape index (κ2) is 9.53. The molecule has 0 amide bonds. The van der Waals surface area contributed by atoms with Gasteiger partial charge in [-0.1, -0.05) is 36.2 Å². The van der Waals surface area contributed by atoms with Crippen molar-refractivity contribution in [2.75, 3.05) is 18.5 Å². The van der Waals surface area contributed by atoms with Crippen LogP contribution >= 0.6 is 15.9 Å². The minimum absolute atomic E-state index is 0.812. The van der Waals surface area contributed by atoms with Crippen molar-refractivity contribution >= 4 is 15.9 Å². The van der Waals surface area contributed by atoms with Crippen LogP contribution in [0.15, 0.2) is 0 Å². The summed E-state index contributed by atoms with van der Waals surface area (Å²) in [6, 6.07) is 0. The number of alkyl halides is 1. The van der Waals surface area contributed by atoms with Crippen LogP contribution in [0.5, 0.6) is 0 Å². The molecular weight excluding hydrogens is 216 g/mol. The Morgan fingerprint density at radius 1 is 1.08 bits per heavy atom. The van der Waals surface area contributed by atoms with Crippen LogP contribution in [0.2, 0.25) is 0 Å². The van der Waals surface area contributed by atoms with E-state index in [-0.39, 0.29) is 0 Å². The van der Waals surface area contributed by atoms with E-state index in [1.54, 1.807) is 0 Å². The summed E-state index contributed by atoms with van der Waals surface area (Å²) in [6.07, 6.45) is 4.94. The van der Waals surface area contributed by atoms with Crippen molar-refractivity contribution in [1.29, 1.82) is 0 Å². The Bertz CT molecular complexity index is 85.9. The molecule has 2 heteroatoms. The van der Waals surface area contributed by atoms with Gasteiger partial charge in [-0.25, -0.2) is 0 Å². The van der Waals surface area contributed by atoms with Crippen LogP contribution in [-0.4, -0.2) is 18.5 Å². The van der Waals surface area contributed by atoms with Crippen LogP contribution in [0.1, 0.15) is 39.5 Å². The van der Waals surface area contributed by atoms with E-state index < -0.39 is 0 Å². The number of ether oxygens (including phenoxy) is 1. The zero-order valence-corrected chi connectivity index (χ0v) is 9.90. The molecule has 0 aromatic heterocycles. The molecule has 1 atom stereocenters. The lowest BCUT2D eigenvalue weighted by Crippen LogP contribution is -2.06. The molecule has 0 rings (SSSR count). The summed E-state index contributed by atoms with van der Waals surface area (Å²) in [7, 11) is 0. The van der Waals surface area contributed by atoms with Gasteiger partial charge in [0.05, 0.1) is 0 Å². The van der Waals surface area contributed by atoms with E-state index in [9.17, 15) is 0 Å². The molecule has 0 aliphatic heterocycles. The molecule has 0 aliphatic carbocycles. The van der Waals surface area contributed by atoms with Gasteiger partial charge in [-0.15, -0.1) is 0 Å². The summed E-state index contributed by atoms with van der Waals surface area (Å²) >= 11 is 3.53. The van der Waals surface area contributed by atoms with Crippen molar-refractivity contribution in [3.8, 4) is 0 Å². The Morgan fingerprint density at radius 2 is 1.83 bits per heavy atom. The number of hydrogen-bond acceptors (Lipinski definition) is 1. The second-order valence-electron chi connectivity index (χ2n) is 3.21. The van der Waals surface area contributed by atoms with E-state index in [4.69, 9.17) is 4.74 Å². The van der Waals surface area contributed by atoms with Gasteiger partial charge in [-0.3, -0.25) is 0 Å². The normalized spacial score (nSPS) is 13.2. The number of rotatable bonds is 8. The highest BCUT2D eigenvalue weighted by Crippen LogP contribution is 2.13. The summed E-state index contributed by atoms with van der Waals surface area (Å²) in [6.45, 7) is 6.24. The summed E-state index contributed by atoms with van der Waals surface area (Å²) in [5.74, 6) is 0.812. The van der Waals surface area contributed by atoms with Gasteiger partial charge < -0.3 is 4.74 Å². The maximum atomic E-state index is 5.44. The van der Waals surface area contributed by atoms with Gasteiger partial charge in [0.1, 0.15) is 0 Å². The van der Waals surface area contributed by atoms with Gasteiger partial charge in [0.15, 0.2) is 0 Å². The Balaban J connectivity index is 3.19. The van der Waals surface area contributed by atoms with E-state index in [0.29, 0.717) is 0 Å². The van der Waals surface area contributed by atoms with Gasteiger partial charge >= 0.3 is 0 Å². The van der Waals surface area contributed by atoms with Crippen LogP contribution in [0.4, 0.5) is 0 Å². The fourth-order valence-electron chi connectivity index (χ4n) is 1.20. The van der Waals surface area contributed by atoms with Gasteiger partial charge in [0.25, 0.3) is 0 Å². The molecule has 1 nitrogen and oxygen atoms in total. The van der Waals surface area contributed by atoms with Crippen molar-refractivity contribution in [2.45, 2.75) is 39.5 Å². The molecule has 0 saturated heterocycles. The third-order valence-corrected chi connectivity index (χ3v) is 2.85. The average Bonchev–Trinajstić information content (AvgIpc) is 2.10. The fraction of sp³-hybridized carbons (Fsp3) is 1.00. The molecule has 74 valence electrons. The smallest absolute Gasteiger partial charge is 0.0468 e. The van der Waals surface area contributed by atoms with E-state index in [1.165, 1.54) is 19.3 Å². The molecule has 0 fully saturated rings. The first-order valence-corrected chi connectivity index (χ1v) is 6.11. The first-order valence-electron chi connectivity index (χ1n) is 4.98. The SMILES string of the molecule is CCCOCCC(CBr)CCC. The lowest BCUT2D eigenvalue weighted by Gasteiger charge is -2.12. The number of hydrogen-bond donors (Lipinski definition) is 0. The van der Waals surface area contributed by atoms with Gasteiger partial charge in [0, 0.05) is 18.5 Å². The first kappa shape index (κ1) is 12.4. The van der Waals surface area contributed by atoms with Gasteiger partial charge in [-0.05, 0) is 25.2 Å². The maximum Gasteiger partial charge on any atom is 0.0468 e. The largest absolute Gasteiger partial charge is 0.381 e. The monoisotopic (exact) mass is 236 g/mol. The second-order valence-corrected chi connectivity index (χ2v) is 3.86. The third kappa shape index (κ3) is 7.11. The highest BCUT2D eigenvalue weighted by Gasteiger charge is 2.04. The van der Waals surface area contributed by atoms with Crippen molar-refractivity contribution in [3.63, 3.8) is 0 Å². The standard InChI is InChI=1S/C10H21BrO/c1-3-5-10(9-11)6-8-12-7-4-2/h10H,3-9H2,1-2H3. The van der Waals surface area contributed by atoms with Crippen molar-refractivity contribution in [3.05, 3.63) is 0 Å². The molecule has 0 saturated carbocycles. The molecule has 0 aromatic rings. The predicted molar refractivity (Wildman–Crippen MR) is 57.9 cm³/mol. The Hall–Kier alpha value is 0.440. The van der Waals surface area contributed by atoms with Crippen molar-refractivity contribution in [2.24, 2.45) is 5.92 Å². The molecule has 0 heterocycles. The van der Waals surface area contributed by atoms with Crippen LogP contribution < -0.4 is 0 Å². The molecule has 0 radical (unpaired) electrons. The zero-order chi connectivity index (χ0) is 9.23. The molecule has 0 bridgehead atoms. The van der Waals surface area contributed by atoms with E-state index in [0.717, 1.165) is 30.9 Å². The molecule has 1 unspecified atom stereocenters. The van der Waals surface area contributed by atoms with E-state index >= 15 is 0 Å². The summed E-state index contributed by atoms with van der Waals surface area (Å²) in [4.78, 5) is 0. The zero-order valence-electron chi connectivity index (χ0n) is 8.31. The van der Waals surface area contributed by atoms with Crippen molar-refractivity contribution in [1.82, 2.24) is 0 Å². The summed E-state index contributed by atoms with van der Waals surface area (Å²) < 4.78 is 5.44. The Kier molecular flexibility index (Phi) is 9.88.